The number of nitrogens with two attached hydrogens (primary N) is 1. The molecule has 1 aromatic rings. The van der Waals surface area contributed by atoms with Crippen LogP contribution in [0.2, 0.25) is 0 Å². The Labute approximate surface area is 218 Å². The number of carboxylic acid groups (broad SMARTS) is 2. The number of carbonyl (C=O) groups excluding carboxylic acids is 2. The van der Waals surface area contributed by atoms with E-state index in [1.54, 1.807) is 11.8 Å². The molecule has 1 aromatic carbocycles. The maximum absolute atomic E-state index is 13.3. The second kappa shape index (κ2) is 13.0. The zero-order valence-electron chi connectivity index (χ0n) is 21.2. The third-order valence-corrected chi connectivity index (χ3v) is 6.70. The second-order valence-corrected chi connectivity index (χ2v) is 9.28. The van der Waals surface area contributed by atoms with Crippen molar-refractivity contribution in [3.05, 3.63) is 48.0 Å². The molecular weight excluding hydrogens is 509 g/mol. The first-order valence-electron chi connectivity index (χ1n) is 12.3. The molecule has 0 saturated carbocycles. The summed E-state index contributed by atoms with van der Waals surface area (Å²) in [4.78, 5) is 49.6. The largest absolute Gasteiger partial charge is 0.490 e. The fourth-order valence-corrected chi connectivity index (χ4v) is 5.09. The summed E-state index contributed by atoms with van der Waals surface area (Å²) in [5.41, 5.74) is 5.11. The molecule has 3 rings (SSSR count). The lowest BCUT2D eigenvalue weighted by atomic mass is 9.82. The number of rotatable bonds is 9. The van der Waals surface area contributed by atoms with Gasteiger partial charge in [-0.3, -0.25) is 14.5 Å². The first kappa shape index (κ1) is 31.0. The Morgan fingerprint density at radius 3 is 2.29 bits per heavy atom. The zero-order valence-corrected chi connectivity index (χ0v) is 21.2. The van der Waals surface area contributed by atoms with Gasteiger partial charge in [-0.1, -0.05) is 42.5 Å². The number of fused-ring (bicyclic) bond motifs is 1. The van der Waals surface area contributed by atoms with E-state index in [2.05, 4.69) is 0 Å². The minimum absolute atomic E-state index is 0.0301. The standard InChI is InChI=1S/C24H32N2O5.C2HF3O2/c1-3-31-22(28)20(14-13-17-9-5-4-6-10-17)26-19-12-8-7-11-18(19)15-24(26,23(29)30)21(27)16(2)25;3-2(4,5)1(6)7/h4-6,8-10,12,16,18-20H,3,7,11,13-15,25H2,1-2H3,(H,29,30);(H,6,7)/t16?,18-,19-,20+,24+;/m1./s1. The van der Waals surface area contributed by atoms with Gasteiger partial charge in [-0.2, -0.15) is 13.2 Å². The number of alkyl halides is 3. The third kappa shape index (κ3) is 6.98. The van der Waals surface area contributed by atoms with Gasteiger partial charge in [0, 0.05) is 6.04 Å². The van der Waals surface area contributed by atoms with Crippen LogP contribution in [0.1, 0.15) is 45.1 Å². The quantitative estimate of drug-likeness (QED) is 0.243. The Hall–Kier alpha value is -3.25. The van der Waals surface area contributed by atoms with Crippen LogP contribution in [0, 0.1) is 5.92 Å². The average molecular weight is 543 g/mol. The van der Waals surface area contributed by atoms with Crippen LogP contribution in [0.25, 0.3) is 0 Å². The number of ether oxygens (including phenoxy) is 1. The number of allylic oxidation sites excluding steroid dienone is 1. The van der Waals surface area contributed by atoms with E-state index in [1.807, 2.05) is 42.5 Å². The molecule has 1 heterocycles. The Kier molecular flexibility index (Phi) is 10.6. The number of aliphatic carboxylic acids is 2. The number of aryl methyl sites for hydroxylation is 1. The highest BCUT2D eigenvalue weighted by Crippen LogP contribution is 2.46. The van der Waals surface area contributed by atoms with Gasteiger partial charge in [-0.15, -0.1) is 0 Å². The smallest absolute Gasteiger partial charge is 0.480 e. The topological polar surface area (TPSA) is 147 Å². The molecule has 1 saturated heterocycles. The molecule has 0 aromatic heterocycles. The number of hydrogen-bond acceptors (Lipinski definition) is 7. The van der Waals surface area contributed by atoms with Crippen LogP contribution in [0.15, 0.2) is 42.5 Å². The van der Waals surface area contributed by atoms with Gasteiger partial charge in [0.25, 0.3) is 0 Å². The van der Waals surface area contributed by atoms with E-state index >= 15 is 0 Å². The van der Waals surface area contributed by atoms with Crippen LogP contribution in [-0.2, 0) is 30.3 Å². The molecule has 1 aliphatic heterocycles. The molecule has 2 aliphatic rings. The summed E-state index contributed by atoms with van der Waals surface area (Å²) >= 11 is 0. The van der Waals surface area contributed by atoms with Crippen LogP contribution in [0.4, 0.5) is 13.2 Å². The van der Waals surface area contributed by atoms with Gasteiger partial charge in [0.15, 0.2) is 11.3 Å². The Balaban J connectivity index is 0.000000638. The van der Waals surface area contributed by atoms with Crippen molar-refractivity contribution >= 4 is 23.7 Å². The van der Waals surface area contributed by atoms with E-state index in [1.165, 1.54) is 6.92 Å². The van der Waals surface area contributed by atoms with Gasteiger partial charge in [0.2, 0.25) is 0 Å². The second-order valence-electron chi connectivity index (χ2n) is 9.28. The van der Waals surface area contributed by atoms with Gasteiger partial charge in [-0.05, 0) is 57.4 Å². The summed E-state index contributed by atoms with van der Waals surface area (Å²) < 4.78 is 37.1. The highest BCUT2D eigenvalue weighted by molar-refractivity contribution is 6.10. The van der Waals surface area contributed by atoms with Crippen molar-refractivity contribution in [3.63, 3.8) is 0 Å². The monoisotopic (exact) mass is 542 g/mol. The molecule has 1 fully saturated rings. The van der Waals surface area contributed by atoms with Crippen molar-refractivity contribution in [1.29, 1.82) is 0 Å². The first-order chi connectivity index (χ1) is 17.8. The highest BCUT2D eigenvalue weighted by Gasteiger charge is 2.63. The van der Waals surface area contributed by atoms with Gasteiger partial charge < -0.3 is 20.7 Å². The molecule has 1 aliphatic carbocycles. The predicted octanol–water partition coefficient (Wildman–Crippen LogP) is 2.96. The number of hydrogen-bond donors (Lipinski definition) is 3. The maximum atomic E-state index is 13.3. The third-order valence-electron chi connectivity index (χ3n) is 6.70. The average Bonchev–Trinajstić information content (AvgIpc) is 3.20. The first-order valence-corrected chi connectivity index (χ1v) is 12.3. The van der Waals surface area contributed by atoms with Crippen molar-refractivity contribution in [3.8, 4) is 0 Å². The van der Waals surface area contributed by atoms with Gasteiger partial charge >= 0.3 is 24.1 Å². The van der Waals surface area contributed by atoms with Crippen LogP contribution < -0.4 is 5.73 Å². The molecule has 0 amide bonds. The van der Waals surface area contributed by atoms with Gasteiger partial charge in [0.1, 0.15) is 6.04 Å². The van der Waals surface area contributed by atoms with Crippen molar-refractivity contribution in [2.45, 2.75) is 75.8 Å². The molecule has 0 bridgehead atoms. The number of nitrogens with zero attached hydrogens (tertiary/aromatic N) is 1. The molecule has 12 heteroatoms. The molecule has 4 N–H and O–H groups in total. The van der Waals surface area contributed by atoms with Gasteiger partial charge in [-0.25, -0.2) is 9.59 Å². The highest BCUT2D eigenvalue weighted by atomic mass is 19.4. The predicted molar refractivity (Wildman–Crippen MR) is 130 cm³/mol. The molecule has 210 valence electrons. The Bertz CT molecular complexity index is 1030. The van der Waals surface area contributed by atoms with Gasteiger partial charge in [0.05, 0.1) is 12.6 Å². The van der Waals surface area contributed by atoms with Crippen molar-refractivity contribution < 1.29 is 47.3 Å². The fraction of sp³-hybridized carbons (Fsp3) is 0.538. The minimum Gasteiger partial charge on any atom is -0.480 e. The van der Waals surface area contributed by atoms with Crippen molar-refractivity contribution in [2.24, 2.45) is 11.7 Å². The lowest BCUT2D eigenvalue weighted by Gasteiger charge is -2.41. The maximum Gasteiger partial charge on any atom is 0.490 e. The summed E-state index contributed by atoms with van der Waals surface area (Å²) in [5, 5.41) is 17.5. The van der Waals surface area contributed by atoms with Crippen LogP contribution in [0.5, 0.6) is 0 Å². The lowest BCUT2D eigenvalue weighted by molar-refractivity contribution is -0.192. The number of ketones is 1. The number of halogens is 3. The fourth-order valence-electron chi connectivity index (χ4n) is 5.09. The van der Waals surface area contributed by atoms with Crippen molar-refractivity contribution in [2.75, 3.05) is 6.61 Å². The lowest BCUT2D eigenvalue weighted by Crippen LogP contribution is -2.66. The molecule has 0 spiro atoms. The van der Waals surface area contributed by atoms with Crippen LogP contribution in [0.3, 0.4) is 0 Å². The molecule has 9 nitrogen and oxygen atoms in total. The van der Waals surface area contributed by atoms with Crippen LogP contribution >= 0.6 is 0 Å². The molecule has 0 radical (unpaired) electrons. The summed E-state index contributed by atoms with van der Waals surface area (Å²) in [6.07, 6.45) is 1.52. The SMILES string of the molecule is CCOC(=O)[C@H](CCc1ccccc1)N1[C@@H]2C=CCC[C@@H]2C[C@@]1(C(=O)O)C(=O)C(C)N.O=C(O)C(F)(F)F. The molecule has 38 heavy (non-hydrogen) atoms. The minimum atomic E-state index is -5.08. The van der Waals surface area contributed by atoms with E-state index in [-0.39, 0.29) is 25.0 Å². The number of benzene rings is 1. The molecule has 1 unspecified atom stereocenters. The normalized spacial score (nSPS) is 24.4. The van der Waals surface area contributed by atoms with E-state index in [0.29, 0.717) is 12.8 Å². The number of carboxylic acids is 2. The Morgan fingerprint density at radius 2 is 1.79 bits per heavy atom. The van der Waals surface area contributed by atoms with Crippen LogP contribution in [-0.4, -0.2) is 75.3 Å². The molecular formula is C26H33F3N2O7. The molecule has 5 atom stereocenters. The van der Waals surface area contributed by atoms with E-state index in [4.69, 9.17) is 20.4 Å². The number of esters is 1. The number of Topliss-reactive ketones (excluding diaryl/α,β-unsaturated/α-hetero) is 1. The number of carbonyl (C=O) groups is 4. The zero-order chi connectivity index (χ0) is 28.7. The van der Waals surface area contributed by atoms with Crippen molar-refractivity contribution in [1.82, 2.24) is 4.90 Å². The van der Waals surface area contributed by atoms with E-state index < -0.39 is 47.5 Å². The van der Waals surface area contributed by atoms with E-state index in [0.717, 1.165) is 18.4 Å². The summed E-state index contributed by atoms with van der Waals surface area (Å²) in [6.45, 7) is 3.41. The Morgan fingerprint density at radius 1 is 1.18 bits per heavy atom. The summed E-state index contributed by atoms with van der Waals surface area (Å²) in [7, 11) is 0. The van der Waals surface area contributed by atoms with E-state index in [9.17, 15) is 32.7 Å². The summed E-state index contributed by atoms with van der Waals surface area (Å²) in [6, 6.07) is 7.55. The number of likely N-dealkylation sites (tertiary alicyclic amines) is 1. The summed E-state index contributed by atoms with van der Waals surface area (Å²) in [5.74, 6) is -5.09.